The van der Waals surface area contributed by atoms with E-state index in [1.54, 1.807) is 0 Å². The van der Waals surface area contributed by atoms with Crippen LogP contribution in [0.25, 0.3) is 0 Å². The van der Waals surface area contributed by atoms with Gasteiger partial charge in [-0.15, -0.1) is 34.4 Å². The molecule has 3 heterocycles. The van der Waals surface area contributed by atoms with Gasteiger partial charge in [-0.3, -0.25) is 0 Å². The number of hydrogen-bond donors (Lipinski definition) is 0. The zero-order valence-electron chi connectivity index (χ0n) is 15.6. The second-order valence-corrected chi connectivity index (χ2v) is 11.9. The summed E-state index contributed by atoms with van der Waals surface area (Å²) in [6.45, 7) is 2.29. The molecule has 3 rings (SSSR count). The van der Waals surface area contributed by atoms with E-state index in [0.717, 1.165) is 0 Å². The zero-order chi connectivity index (χ0) is 18.2. The van der Waals surface area contributed by atoms with Crippen molar-refractivity contribution in [3.63, 3.8) is 0 Å². The van der Waals surface area contributed by atoms with Gasteiger partial charge in [0.1, 0.15) is 3.66 Å². The maximum Gasteiger partial charge on any atom is 0.120 e. The molecule has 0 aliphatic carbocycles. The minimum absolute atomic E-state index is 0.0138. The minimum atomic E-state index is -0.0138. The molecule has 4 heteroatoms. The van der Waals surface area contributed by atoms with Crippen LogP contribution < -0.4 is 0 Å². The first-order valence-electron chi connectivity index (χ1n) is 9.88. The zero-order valence-corrected chi connectivity index (χ0v) is 19.6. The fourth-order valence-corrected chi connectivity index (χ4v) is 7.96. The molecule has 0 aromatic carbocycles. The van der Waals surface area contributed by atoms with Gasteiger partial charge in [0.2, 0.25) is 0 Å². The van der Waals surface area contributed by atoms with E-state index in [4.69, 9.17) is 0 Å². The Hall–Kier alpha value is -0.0300. The molecule has 142 valence electrons. The molecule has 0 fully saturated rings. The first kappa shape index (κ1) is 20.7. The van der Waals surface area contributed by atoms with Gasteiger partial charge >= 0.3 is 0 Å². The number of hydrogen-bond acceptors (Lipinski definition) is 3. The first-order chi connectivity index (χ1) is 12.7. The highest BCUT2D eigenvalue weighted by Gasteiger charge is 2.42. The average molecular weight is 470 g/mol. The maximum atomic E-state index is 4.10. The Balaban J connectivity index is 1.47. The average Bonchev–Trinajstić information content (AvgIpc) is 3.37. The maximum absolute atomic E-state index is 4.10. The smallest absolute Gasteiger partial charge is 0.120 e. The van der Waals surface area contributed by atoms with E-state index in [1.165, 1.54) is 73.1 Å². The number of unbranched alkanes of at least 4 members (excludes halogenated alkanes) is 7. The Morgan fingerprint density at radius 2 is 1.81 bits per heavy atom. The number of alkyl halides is 1. The summed E-state index contributed by atoms with van der Waals surface area (Å²) in [5.41, 5.74) is 1.52. The Labute approximate surface area is 179 Å². The minimum Gasteiger partial charge on any atom is -0.148 e. The molecule has 2 aromatic heterocycles. The third-order valence-electron chi connectivity index (χ3n) is 5.07. The fourth-order valence-electron chi connectivity index (χ4n) is 3.52. The third-order valence-corrected chi connectivity index (χ3v) is 10.1. The van der Waals surface area contributed by atoms with Crippen LogP contribution in [0.5, 0.6) is 0 Å². The molecular formula is C22H29BrS3. The summed E-state index contributed by atoms with van der Waals surface area (Å²) in [5, 5.41) is 6.82. The molecule has 26 heavy (non-hydrogen) atoms. The van der Waals surface area contributed by atoms with Gasteiger partial charge in [-0.1, -0.05) is 79.9 Å². The number of aryl methyl sites for hydroxylation is 1. The van der Waals surface area contributed by atoms with Crippen molar-refractivity contribution in [3.05, 3.63) is 55.8 Å². The monoisotopic (exact) mass is 468 g/mol. The normalized spacial score (nSPS) is 22.3. The Morgan fingerprint density at radius 3 is 2.54 bits per heavy atom. The van der Waals surface area contributed by atoms with Crippen molar-refractivity contribution in [3.8, 4) is 0 Å². The van der Waals surface area contributed by atoms with E-state index in [2.05, 4.69) is 63.3 Å². The van der Waals surface area contributed by atoms with Crippen LogP contribution in [-0.4, -0.2) is 0 Å². The Bertz CT molecular complexity index is 673. The second kappa shape index (κ2) is 10.5. The second-order valence-electron chi connectivity index (χ2n) is 7.13. The lowest BCUT2D eigenvalue weighted by molar-refractivity contribution is 0.575. The Kier molecular flexibility index (Phi) is 8.36. The highest BCUT2D eigenvalue weighted by molar-refractivity contribution is 9.11. The molecule has 1 aliphatic rings. The molecule has 0 saturated heterocycles. The lowest BCUT2D eigenvalue weighted by Crippen LogP contribution is -2.16. The molecule has 0 amide bonds. The van der Waals surface area contributed by atoms with E-state index in [9.17, 15) is 0 Å². The summed E-state index contributed by atoms with van der Waals surface area (Å²) < 4.78 is -0.0138. The highest BCUT2D eigenvalue weighted by atomic mass is 79.9. The van der Waals surface area contributed by atoms with E-state index in [-0.39, 0.29) is 3.66 Å². The standard InChI is InChI=1S/C22H29BrS3/c1-2-3-4-5-6-7-8-9-11-18-16-21(25-17-18)22(23)19(13-15-26-22)20-12-10-14-24-20/h10,12-17,19H,2-9,11H2,1H3/t19-,22-/m1/s1. The predicted octanol–water partition coefficient (Wildman–Crippen LogP) is 9.08. The molecule has 0 nitrogen and oxygen atoms in total. The molecule has 2 atom stereocenters. The quantitative estimate of drug-likeness (QED) is 0.234. The number of thiophene rings is 2. The molecule has 0 unspecified atom stereocenters. The van der Waals surface area contributed by atoms with Crippen LogP contribution in [0.15, 0.2) is 40.4 Å². The molecule has 0 spiro atoms. The van der Waals surface area contributed by atoms with Crippen molar-refractivity contribution >= 4 is 50.4 Å². The highest BCUT2D eigenvalue weighted by Crippen LogP contribution is 2.60. The van der Waals surface area contributed by atoms with Gasteiger partial charge in [0, 0.05) is 15.7 Å². The number of rotatable bonds is 11. The van der Waals surface area contributed by atoms with Gasteiger partial charge in [-0.2, -0.15) is 0 Å². The molecule has 0 saturated carbocycles. The summed E-state index contributed by atoms with van der Waals surface area (Å²) in [4.78, 5) is 2.90. The van der Waals surface area contributed by atoms with Crippen molar-refractivity contribution in [2.45, 2.75) is 74.3 Å². The molecule has 1 aliphatic heterocycles. The van der Waals surface area contributed by atoms with E-state index in [1.807, 2.05) is 34.4 Å². The third kappa shape index (κ3) is 5.27. The summed E-state index contributed by atoms with van der Waals surface area (Å²) in [6, 6.07) is 6.87. The molecular weight excluding hydrogens is 440 g/mol. The number of allylic oxidation sites excluding steroid dienone is 1. The largest absolute Gasteiger partial charge is 0.148 e. The summed E-state index contributed by atoms with van der Waals surface area (Å²) in [5.74, 6) is 0.433. The van der Waals surface area contributed by atoms with Gasteiger partial charge in [0.15, 0.2) is 0 Å². The van der Waals surface area contributed by atoms with E-state index in [0.29, 0.717) is 5.92 Å². The van der Waals surface area contributed by atoms with Crippen molar-refractivity contribution in [1.29, 1.82) is 0 Å². The van der Waals surface area contributed by atoms with Crippen LogP contribution in [0, 0.1) is 0 Å². The molecule has 0 N–H and O–H groups in total. The van der Waals surface area contributed by atoms with Crippen LogP contribution in [0.3, 0.4) is 0 Å². The van der Waals surface area contributed by atoms with Crippen molar-refractivity contribution < 1.29 is 0 Å². The number of thioether (sulfide) groups is 1. The SMILES string of the molecule is CCCCCCCCCCc1csc([C@]2(Br)SC=C[C@@H]2c2cccs2)c1. The van der Waals surface area contributed by atoms with Crippen molar-refractivity contribution in [1.82, 2.24) is 0 Å². The van der Waals surface area contributed by atoms with Crippen molar-refractivity contribution in [2.24, 2.45) is 0 Å². The van der Waals surface area contributed by atoms with Crippen LogP contribution in [0.2, 0.25) is 0 Å². The van der Waals surface area contributed by atoms with Crippen LogP contribution in [-0.2, 0) is 10.1 Å². The fraction of sp³-hybridized carbons (Fsp3) is 0.545. The first-order valence-corrected chi connectivity index (χ1v) is 13.3. The molecule has 0 radical (unpaired) electrons. The van der Waals surface area contributed by atoms with Crippen LogP contribution >= 0.6 is 50.4 Å². The van der Waals surface area contributed by atoms with Gasteiger partial charge in [0.25, 0.3) is 0 Å². The van der Waals surface area contributed by atoms with E-state index < -0.39 is 0 Å². The predicted molar refractivity (Wildman–Crippen MR) is 125 cm³/mol. The summed E-state index contributed by atoms with van der Waals surface area (Å²) in [7, 11) is 0. The Morgan fingerprint density at radius 1 is 1.04 bits per heavy atom. The topological polar surface area (TPSA) is 0 Å². The van der Waals surface area contributed by atoms with Gasteiger partial charge in [-0.05, 0) is 46.7 Å². The summed E-state index contributed by atoms with van der Waals surface area (Å²) in [6.07, 6.45) is 14.7. The lowest BCUT2D eigenvalue weighted by Gasteiger charge is -2.26. The van der Waals surface area contributed by atoms with Gasteiger partial charge in [-0.25, -0.2) is 0 Å². The van der Waals surface area contributed by atoms with E-state index >= 15 is 0 Å². The van der Waals surface area contributed by atoms with Crippen LogP contribution in [0.4, 0.5) is 0 Å². The molecule has 0 bridgehead atoms. The summed E-state index contributed by atoms with van der Waals surface area (Å²) >= 11 is 9.79. The number of halogens is 1. The lowest BCUT2D eigenvalue weighted by atomic mass is 10.0. The van der Waals surface area contributed by atoms with Gasteiger partial charge in [0.05, 0.1) is 0 Å². The van der Waals surface area contributed by atoms with Crippen LogP contribution in [0.1, 0.15) is 79.5 Å². The van der Waals surface area contributed by atoms with Gasteiger partial charge < -0.3 is 0 Å². The molecule has 2 aromatic rings. The van der Waals surface area contributed by atoms with Crippen molar-refractivity contribution in [2.75, 3.05) is 0 Å².